The van der Waals surface area contributed by atoms with Gasteiger partial charge in [0, 0.05) is 18.4 Å². The Labute approximate surface area is 122 Å². The van der Waals surface area contributed by atoms with Crippen LogP contribution in [0.25, 0.3) is 0 Å². The Bertz CT molecular complexity index is 316. The first-order valence-corrected chi connectivity index (χ1v) is 8.26. The molecule has 2 unspecified atom stereocenters. The molecule has 0 aromatic heterocycles. The maximum absolute atomic E-state index is 12.0. The second-order valence-corrected chi connectivity index (χ2v) is 6.92. The summed E-state index contributed by atoms with van der Waals surface area (Å²) in [5, 5.41) is 16.5. The van der Waals surface area contributed by atoms with E-state index >= 15 is 0 Å². The number of rotatable bonds is 5. The molecule has 2 fully saturated rings. The van der Waals surface area contributed by atoms with E-state index in [1.54, 1.807) is 0 Å². The van der Waals surface area contributed by atoms with E-state index < -0.39 is 0 Å². The molecule has 4 nitrogen and oxygen atoms in total. The Morgan fingerprint density at radius 1 is 1.30 bits per heavy atom. The minimum Gasteiger partial charge on any atom is -0.392 e. The van der Waals surface area contributed by atoms with Gasteiger partial charge in [0.2, 0.25) is 5.91 Å². The lowest BCUT2D eigenvalue weighted by atomic mass is 9.73. The average molecular weight is 282 g/mol. The fraction of sp³-hybridized carbons (Fsp3) is 0.938. The Balaban J connectivity index is 1.66. The third kappa shape index (κ3) is 4.45. The SMILES string of the molecule is CC1(CNC(=O)CCC2CCNCC2)CCCCC1O. The third-order valence-corrected chi connectivity index (χ3v) is 5.21. The monoisotopic (exact) mass is 282 g/mol. The molecule has 4 heteroatoms. The molecule has 0 spiro atoms. The number of amides is 1. The van der Waals surface area contributed by atoms with Gasteiger partial charge in [-0.1, -0.05) is 19.8 Å². The minimum absolute atomic E-state index is 0.122. The fourth-order valence-electron chi connectivity index (χ4n) is 3.48. The molecule has 1 aliphatic carbocycles. The summed E-state index contributed by atoms with van der Waals surface area (Å²) < 4.78 is 0. The first kappa shape index (κ1) is 15.8. The number of aliphatic hydroxyl groups is 1. The standard InChI is InChI=1S/C16H30N2O2/c1-16(9-3-2-4-14(16)19)12-18-15(20)6-5-13-7-10-17-11-8-13/h13-14,17,19H,2-12H2,1H3,(H,18,20). The van der Waals surface area contributed by atoms with Crippen LogP contribution in [0.2, 0.25) is 0 Å². The zero-order valence-corrected chi connectivity index (χ0v) is 12.8. The van der Waals surface area contributed by atoms with E-state index in [9.17, 15) is 9.90 Å². The van der Waals surface area contributed by atoms with Crippen LogP contribution in [-0.2, 0) is 4.79 Å². The van der Waals surface area contributed by atoms with Crippen molar-refractivity contribution in [1.82, 2.24) is 10.6 Å². The lowest BCUT2D eigenvalue weighted by Gasteiger charge is -2.38. The van der Waals surface area contributed by atoms with E-state index in [1.807, 2.05) is 0 Å². The first-order valence-electron chi connectivity index (χ1n) is 8.26. The number of piperidine rings is 1. The van der Waals surface area contributed by atoms with Crippen LogP contribution in [0.3, 0.4) is 0 Å². The molecule has 2 aliphatic rings. The van der Waals surface area contributed by atoms with Crippen LogP contribution < -0.4 is 10.6 Å². The highest BCUT2D eigenvalue weighted by atomic mass is 16.3. The molecule has 1 saturated heterocycles. The summed E-state index contributed by atoms with van der Waals surface area (Å²) in [5.74, 6) is 0.861. The molecule has 2 atom stereocenters. The van der Waals surface area contributed by atoms with Crippen molar-refractivity contribution in [3.05, 3.63) is 0 Å². The van der Waals surface area contributed by atoms with Gasteiger partial charge < -0.3 is 15.7 Å². The zero-order valence-electron chi connectivity index (χ0n) is 12.8. The van der Waals surface area contributed by atoms with Crippen LogP contribution in [0.1, 0.15) is 58.3 Å². The molecule has 116 valence electrons. The van der Waals surface area contributed by atoms with E-state index in [1.165, 1.54) is 19.3 Å². The Morgan fingerprint density at radius 3 is 2.75 bits per heavy atom. The molecule has 1 aliphatic heterocycles. The van der Waals surface area contributed by atoms with Gasteiger partial charge in [-0.3, -0.25) is 4.79 Å². The molecule has 1 heterocycles. The molecule has 0 aromatic rings. The Hall–Kier alpha value is -0.610. The Kier molecular flexibility index (Phi) is 5.85. The van der Waals surface area contributed by atoms with Crippen LogP contribution in [-0.4, -0.2) is 36.8 Å². The van der Waals surface area contributed by atoms with Gasteiger partial charge in [0.05, 0.1) is 6.10 Å². The lowest BCUT2D eigenvalue weighted by molar-refractivity contribution is -0.122. The Morgan fingerprint density at radius 2 is 2.05 bits per heavy atom. The number of aliphatic hydroxyl groups excluding tert-OH is 1. The molecule has 1 saturated carbocycles. The molecule has 2 rings (SSSR count). The van der Waals surface area contributed by atoms with Crippen molar-refractivity contribution in [2.75, 3.05) is 19.6 Å². The van der Waals surface area contributed by atoms with Crippen molar-refractivity contribution in [3.8, 4) is 0 Å². The lowest BCUT2D eigenvalue weighted by Crippen LogP contribution is -2.45. The van der Waals surface area contributed by atoms with E-state index in [4.69, 9.17) is 0 Å². The smallest absolute Gasteiger partial charge is 0.220 e. The van der Waals surface area contributed by atoms with Gasteiger partial charge >= 0.3 is 0 Å². The second-order valence-electron chi connectivity index (χ2n) is 6.92. The van der Waals surface area contributed by atoms with Gasteiger partial charge in [-0.2, -0.15) is 0 Å². The topological polar surface area (TPSA) is 61.4 Å². The van der Waals surface area contributed by atoms with Gasteiger partial charge in [-0.25, -0.2) is 0 Å². The van der Waals surface area contributed by atoms with Gasteiger partial charge in [-0.05, 0) is 51.1 Å². The number of carbonyl (C=O) groups excluding carboxylic acids is 1. The fourth-order valence-corrected chi connectivity index (χ4v) is 3.48. The predicted molar refractivity (Wildman–Crippen MR) is 80.4 cm³/mol. The molecular weight excluding hydrogens is 252 g/mol. The number of hydrogen-bond acceptors (Lipinski definition) is 3. The van der Waals surface area contributed by atoms with Gasteiger partial charge in [0.1, 0.15) is 0 Å². The number of hydrogen-bond donors (Lipinski definition) is 3. The highest BCUT2D eigenvalue weighted by molar-refractivity contribution is 5.75. The molecule has 3 N–H and O–H groups in total. The predicted octanol–water partition coefficient (Wildman–Crippen LogP) is 1.82. The van der Waals surface area contributed by atoms with Crippen LogP contribution in [0.5, 0.6) is 0 Å². The highest BCUT2D eigenvalue weighted by Crippen LogP contribution is 2.35. The molecule has 0 bridgehead atoms. The van der Waals surface area contributed by atoms with Crippen molar-refractivity contribution < 1.29 is 9.90 Å². The normalized spacial score (nSPS) is 32.0. The van der Waals surface area contributed by atoms with Crippen molar-refractivity contribution >= 4 is 5.91 Å². The third-order valence-electron chi connectivity index (χ3n) is 5.21. The van der Waals surface area contributed by atoms with Crippen molar-refractivity contribution in [2.45, 2.75) is 64.4 Å². The maximum atomic E-state index is 12.0. The molecule has 1 amide bonds. The van der Waals surface area contributed by atoms with Gasteiger partial charge in [0.15, 0.2) is 0 Å². The summed E-state index contributed by atoms with van der Waals surface area (Å²) in [6, 6.07) is 0. The van der Waals surface area contributed by atoms with Crippen LogP contribution in [0.15, 0.2) is 0 Å². The summed E-state index contributed by atoms with van der Waals surface area (Å²) in [5.41, 5.74) is -0.122. The molecular formula is C16H30N2O2. The molecule has 0 aromatic carbocycles. The molecule has 0 radical (unpaired) electrons. The highest BCUT2D eigenvalue weighted by Gasteiger charge is 2.35. The minimum atomic E-state index is -0.263. The number of nitrogens with one attached hydrogen (secondary N) is 2. The maximum Gasteiger partial charge on any atom is 0.220 e. The van der Waals surface area contributed by atoms with E-state index in [0.717, 1.165) is 38.8 Å². The van der Waals surface area contributed by atoms with E-state index in [0.29, 0.717) is 18.9 Å². The van der Waals surface area contributed by atoms with Crippen LogP contribution >= 0.6 is 0 Å². The van der Waals surface area contributed by atoms with E-state index in [2.05, 4.69) is 17.6 Å². The molecule has 20 heavy (non-hydrogen) atoms. The van der Waals surface area contributed by atoms with Crippen molar-refractivity contribution in [2.24, 2.45) is 11.3 Å². The quantitative estimate of drug-likeness (QED) is 0.721. The average Bonchev–Trinajstić information content (AvgIpc) is 2.47. The summed E-state index contributed by atoms with van der Waals surface area (Å²) in [4.78, 5) is 12.0. The summed E-state index contributed by atoms with van der Waals surface area (Å²) in [7, 11) is 0. The van der Waals surface area contributed by atoms with Gasteiger partial charge in [0.25, 0.3) is 0 Å². The largest absolute Gasteiger partial charge is 0.392 e. The van der Waals surface area contributed by atoms with Crippen LogP contribution in [0.4, 0.5) is 0 Å². The van der Waals surface area contributed by atoms with Crippen LogP contribution in [0, 0.1) is 11.3 Å². The van der Waals surface area contributed by atoms with Crippen molar-refractivity contribution in [1.29, 1.82) is 0 Å². The summed E-state index contributed by atoms with van der Waals surface area (Å²) in [6.07, 6.45) is 7.95. The number of carbonyl (C=O) groups is 1. The first-order chi connectivity index (χ1) is 9.60. The van der Waals surface area contributed by atoms with E-state index in [-0.39, 0.29) is 17.4 Å². The summed E-state index contributed by atoms with van der Waals surface area (Å²) >= 11 is 0. The second kappa shape index (κ2) is 7.41. The van der Waals surface area contributed by atoms with Gasteiger partial charge in [-0.15, -0.1) is 0 Å². The summed E-state index contributed by atoms with van der Waals surface area (Å²) in [6.45, 7) is 4.91. The van der Waals surface area contributed by atoms with Crippen molar-refractivity contribution in [3.63, 3.8) is 0 Å². The zero-order chi connectivity index (χ0) is 14.4.